The first kappa shape index (κ1) is 24.0. The molecular formula is C28H34N4O2S. The van der Waals surface area contributed by atoms with Crippen molar-refractivity contribution in [2.45, 2.75) is 44.9 Å². The molecule has 0 saturated carbocycles. The molecule has 0 radical (unpaired) electrons. The van der Waals surface area contributed by atoms with Gasteiger partial charge in [-0.3, -0.25) is 4.79 Å². The Hall–Kier alpha value is -2.71. The van der Waals surface area contributed by atoms with Gasteiger partial charge >= 0.3 is 0 Å². The predicted molar refractivity (Wildman–Crippen MR) is 143 cm³/mol. The molecule has 35 heavy (non-hydrogen) atoms. The zero-order valence-electron chi connectivity index (χ0n) is 20.4. The monoisotopic (exact) mass is 490 g/mol. The maximum atomic E-state index is 13.1. The topological polar surface area (TPSA) is 74.4 Å². The molecule has 1 aromatic heterocycles. The maximum Gasteiger partial charge on any atom is 0.252 e. The summed E-state index contributed by atoms with van der Waals surface area (Å²) in [4.78, 5) is 15.7. The van der Waals surface area contributed by atoms with Gasteiger partial charge in [-0.1, -0.05) is 24.3 Å². The lowest BCUT2D eigenvalue weighted by Gasteiger charge is -2.29. The summed E-state index contributed by atoms with van der Waals surface area (Å²) in [7, 11) is 0. The van der Waals surface area contributed by atoms with E-state index in [2.05, 4.69) is 57.7 Å². The number of hydrogen-bond acceptors (Lipinski definition) is 6. The summed E-state index contributed by atoms with van der Waals surface area (Å²) in [5.41, 5.74) is 4.96. The molecule has 1 amide bonds. The summed E-state index contributed by atoms with van der Waals surface area (Å²) >= 11 is 1.81. The van der Waals surface area contributed by atoms with E-state index in [-0.39, 0.29) is 11.9 Å². The number of hydrogen-bond donors (Lipinski definition) is 4. The minimum atomic E-state index is -0.0993. The highest BCUT2D eigenvalue weighted by Crippen LogP contribution is 2.30. The Labute approximate surface area is 211 Å². The van der Waals surface area contributed by atoms with E-state index in [0.717, 1.165) is 56.1 Å². The molecule has 0 aliphatic carbocycles. The van der Waals surface area contributed by atoms with Gasteiger partial charge in [-0.2, -0.15) is 0 Å². The first-order valence-corrected chi connectivity index (χ1v) is 13.3. The molecule has 2 saturated heterocycles. The lowest BCUT2D eigenvalue weighted by molar-refractivity contribution is 0.0939. The van der Waals surface area contributed by atoms with Crippen LogP contribution in [0.1, 0.15) is 45.7 Å². The fourth-order valence-corrected chi connectivity index (χ4v) is 5.43. The van der Waals surface area contributed by atoms with Gasteiger partial charge in [0, 0.05) is 53.3 Å². The molecule has 5 rings (SSSR count). The normalized spacial score (nSPS) is 18.7. The maximum absolute atomic E-state index is 13.1. The Morgan fingerprint density at radius 1 is 1.14 bits per heavy atom. The second-order valence-corrected chi connectivity index (χ2v) is 10.7. The van der Waals surface area contributed by atoms with Gasteiger partial charge in [0.25, 0.3) is 5.91 Å². The molecule has 4 N–H and O–H groups in total. The van der Waals surface area contributed by atoms with Crippen LogP contribution in [0.25, 0.3) is 10.4 Å². The van der Waals surface area contributed by atoms with Gasteiger partial charge in [0.2, 0.25) is 0 Å². The van der Waals surface area contributed by atoms with Gasteiger partial charge in [0.1, 0.15) is 0 Å². The first-order chi connectivity index (χ1) is 17.0. The minimum Gasteiger partial charge on any atom is -0.380 e. The lowest BCUT2D eigenvalue weighted by atomic mass is 10.0. The van der Waals surface area contributed by atoms with Crippen LogP contribution in [0.2, 0.25) is 0 Å². The third-order valence-corrected chi connectivity index (χ3v) is 7.94. The second kappa shape index (κ2) is 10.9. The Morgan fingerprint density at radius 3 is 2.80 bits per heavy atom. The molecule has 2 aliphatic heterocycles. The van der Waals surface area contributed by atoms with Gasteiger partial charge in [-0.25, -0.2) is 0 Å². The number of amides is 1. The summed E-state index contributed by atoms with van der Waals surface area (Å²) in [6, 6.07) is 19.7. The molecule has 2 aromatic carbocycles. The van der Waals surface area contributed by atoms with Crippen LogP contribution in [0.4, 0.5) is 5.69 Å². The molecule has 3 heterocycles. The summed E-state index contributed by atoms with van der Waals surface area (Å²) in [6.07, 6.45) is 1.09. The fraction of sp³-hybridized carbons (Fsp3) is 0.393. The number of aryl methyl sites for hydroxylation is 1. The average Bonchev–Trinajstić information content (AvgIpc) is 3.53. The average molecular weight is 491 g/mol. The molecule has 0 spiro atoms. The van der Waals surface area contributed by atoms with Crippen molar-refractivity contribution in [3.8, 4) is 10.4 Å². The predicted octanol–water partition coefficient (Wildman–Crippen LogP) is 4.48. The SMILES string of the molecule is Cc1ccc(NC2CNC2)cc1C(=O)N[C@H](C)c1cccc(-c2ccc(CNC3CCOC3)s2)c1. The number of ether oxygens (including phenoxy) is 1. The van der Waals surface area contributed by atoms with E-state index in [1.807, 2.05) is 43.4 Å². The molecule has 2 fully saturated rings. The van der Waals surface area contributed by atoms with E-state index in [0.29, 0.717) is 17.6 Å². The van der Waals surface area contributed by atoms with Crippen LogP contribution in [0.5, 0.6) is 0 Å². The molecular weight excluding hydrogens is 456 g/mol. The van der Waals surface area contributed by atoms with Gasteiger partial charge in [-0.05, 0) is 67.3 Å². The number of rotatable bonds is 9. The van der Waals surface area contributed by atoms with Crippen molar-refractivity contribution in [1.82, 2.24) is 16.0 Å². The Balaban J connectivity index is 1.23. The van der Waals surface area contributed by atoms with Crippen LogP contribution in [0.3, 0.4) is 0 Å². The number of carbonyl (C=O) groups excluding carboxylic acids is 1. The van der Waals surface area contributed by atoms with Crippen molar-refractivity contribution in [3.05, 3.63) is 76.2 Å². The Bertz CT molecular complexity index is 1170. The van der Waals surface area contributed by atoms with E-state index >= 15 is 0 Å². The van der Waals surface area contributed by atoms with Crippen LogP contribution in [0.15, 0.2) is 54.6 Å². The largest absolute Gasteiger partial charge is 0.380 e. The van der Waals surface area contributed by atoms with Crippen molar-refractivity contribution in [2.75, 3.05) is 31.6 Å². The van der Waals surface area contributed by atoms with E-state index in [1.165, 1.54) is 15.3 Å². The van der Waals surface area contributed by atoms with E-state index < -0.39 is 0 Å². The van der Waals surface area contributed by atoms with Gasteiger partial charge in [-0.15, -0.1) is 11.3 Å². The first-order valence-electron chi connectivity index (χ1n) is 12.4. The standard InChI is InChI=1S/C28H34N4O2S/c1-18-6-7-22(32-24-14-29-15-24)13-26(18)28(33)31-19(2)20-4-3-5-21(12-20)27-9-8-25(35-27)16-30-23-10-11-34-17-23/h3-9,12-13,19,23-24,29-30,32H,10-11,14-17H2,1-2H3,(H,31,33)/t19-,23?/m1/s1. The molecule has 1 unspecified atom stereocenters. The summed E-state index contributed by atoms with van der Waals surface area (Å²) in [6.45, 7) is 8.48. The summed E-state index contributed by atoms with van der Waals surface area (Å²) < 4.78 is 5.45. The molecule has 3 aromatic rings. The van der Waals surface area contributed by atoms with Crippen molar-refractivity contribution < 1.29 is 9.53 Å². The van der Waals surface area contributed by atoms with Crippen molar-refractivity contribution in [3.63, 3.8) is 0 Å². The highest BCUT2D eigenvalue weighted by Gasteiger charge is 2.19. The quantitative estimate of drug-likeness (QED) is 0.356. The molecule has 6 nitrogen and oxygen atoms in total. The third-order valence-electron chi connectivity index (χ3n) is 6.81. The van der Waals surface area contributed by atoms with Crippen molar-refractivity contribution in [2.24, 2.45) is 0 Å². The fourth-order valence-electron chi connectivity index (χ4n) is 4.47. The van der Waals surface area contributed by atoms with Crippen LogP contribution < -0.4 is 21.3 Å². The summed E-state index contributed by atoms with van der Waals surface area (Å²) in [5, 5.41) is 13.5. The van der Waals surface area contributed by atoms with E-state index in [4.69, 9.17) is 4.74 Å². The van der Waals surface area contributed by atoms with Gasteiger partial charge in [0.15, 0.2) is 0 Å². The van der Waals surface area contributed by atoms with Crippen LogP contribution >= 0.6 is 11.3 Å². The van der Waals surface area contributed by atoms with Crippen LogP contribution in [0, 0.1) is 6.92 Å². The third kappa shape index (κ3) is 5.93. The summed E-state index contributed by atoms with van der Waals surface area (Å²) in [5.74, 6) is -0.0452. The molecule has 0 bridgehead atoms. The number of carbonyl (C=O) groups is 1. The van der Waals surface area contributed by atoms with Crippen LogP contribution in [-0.2, 0) is 11.3 Å². The zero-order chi connectivity index (χ0) is 24.2. The highest BCUT2D eigenvalue weighted by atomic mass is 32.1. The zero-order valence-corrected chi connectivity index (χ0v) is 21.2. The number of anilines is 1. The number of nitrogens with one attached hydrogen (secondary N) is 4. The highest BCUT2D eigenvalue weighted by molar-refractivity contribution is 7.15. The molecule has 184 valence electrons. The second-order valence-electron chi connectivity index (χ2n) is 9.56. The minimum absolute atomic E-state index is 0.0452. The number of benzene rings is 2. The van der Waals surface area contributed by atoms with E-state index in [9.17, 15) is 4.79 Å². The number of thiophene rings is 1. The van der Waals surface area contributed by atoms with Crippen molar-refractivity contribution in [1.29, 1.82) is 0 Å². The molecule has 7 heteroatoms. The Morgan fingerprint density at radius 2 is 2.03 bits per heavy atom. The van der Waals surface area contributed by atoms with Gasteiger partial charge < -0.3 is 26.0 Å². The van der Waals surface area contributed by atoms with Crippen LogP contribution in [-0.4, -0.2) is 44.3 Å². The lowest BCUT2D eigenvalue weighted by Crippen LogP contribution is -2.51. The smallest absolute Gasteiger partial charge is 0.252 e. The van der Waals surface area contributed by atoms with E-state index in [1.54, 1.807) is 0 Å². The molecule has 2 atom stereocenters. The van der Waals surface area contributed by atoms with Gasteiger partial charge in [0.05, 0.1) is 18.7 Å². The molecule has 2 aliphatic rings. The Kier molecular flexibility index (Phi) is 7.48. The van der Waals surface area contributed by atoms with Crippen molar-refractivity contribution >= 4 is 22.9 Å².